The van der Waals surface area contributed by atoms with Gasteiger partial charge in [0, 0.05) is 52.2 Å². The minimum Gasteiger partial charge on any atom is -0.381 e. The molecule has 2 amide bonds. The van der Waals surface area contributed by atoms with Crippen molar-refractivity contribution < 1.29 is 19.1 Å². The molecule has 0 saturated carbocycles. The Morgan fingerprint density at radius 3 is 2.48 bits per heavy atom. The fourth-order valence-electron chi connectivity index (χ4n) is 3.61. The summed E-state index contributed by atoms with van der Waals surface area (Å²) in [7, 11) is 0. The van der Waals surface area contributed by atoms with Gasteiger partial charge in [0.1, 0.15) is 0 Å². The lowest BCUT2D eigenvalue weighted by atomic mass is 9.99. The first-order chi connectivity index (χ1) is 13.2. The molecule has 3 rings (SSSR count). The highest BCUT2D eigenvalue weighted by atomic mass is 16.5. The summed E-state index contributed by atoms with van der Waals surface area (Å²) in [5.74, 6) is 0.0458. The Hall–Kier alpha value is -2.12. The van der Waals surface area contributed by atoms with Gasteiger partial charge in [0.15, 0.2) is 0 Å². The minimum atomic E-state index is -0.0315. The van der Waals surface area contributed by atoms with Gasteiger partial charge in [-0.15, -0.1) is 0 Å². The van der Waals surface area contributed by atoms with Crippen LogP contribution in [0.15, 0.2) is 24.3 Å². The van der Waals surface area contributed by atoms with E-state index in [1.54, 1.807) is 11.8 Å². The average Bonchev–Trinajstić information content (AvgIpc) is 2.72. The van der Waals surface area contributed by atoms with Crippen LogP contribution in [0, 0.1) is 5.92 Å². The predicted octanol–water partition coefficient (Wildman–Crippen LogP) is 1.42. The molecule has 0 aromatic heterocycles. The van der Waals surface area contributed by atoms with Gasteiger partial charge in [-0.3, -0.25) is 9.59 Å². The molecular formula is C20H29N3O4. The number of ether oxygens (including phenoxy) is 2. The number of carbonyl (C=O) groups is 2. The second kappa shape index (κ2) is 9.71. The van der Waals surface area contributed by atoms with E-state index in [2.05, 4.69) is 10.2 Å². The molecule has 2 fully saturated rings. The van der Waals surface area contributed by atoms with Gasteiger partial charge in [-0.1, -0.05) is 12.1 Å². The monoisotopic (exact) mass is 375 g/mol. The SMILES string of the molecule is CC(=O)N(CCNC(=O)C1CCOCC1)c1ccccc1N1CCOCC1. The molecule has 1 N–H and O–H groups in total. The number of hydrogen-bond acceptors (Lipinski definition) is 5. The van der Waals surface area contributed by atoms with E-state index >= 15 is 0 Å². The van der Waals surface area contributed by atoms with Crippen LogP contribution in [0.4, 0.5) is 11.4 Å². The summed E-state index contributed by atoms with van der Waals surface area (Å²) in [5.41, 5.74) is 1.92. The van der Waals surface area contributed by atoms with Gasteiger partial charge in [-0.25, -0.2) is 0 Å². The summed E-state index contributed by atoms with van der Waals surface area (Å²) >= 11 is 0. The number of amides is 2. The average molecular weight is 375 g/mol. The highest BCUT2D eigenvalue weighted by Crippen LogP contribution is 2.30. The summed E-state index contributed by atoms with van der Waals surface area (Å²) in [6, 6.07) is 7.93. The van der Waals surface area contributed by atoms with Crippen LogP contribution in [0.25, 0.3) is 0 Å². The Balaban J connectivity index is 1.63. The van der Waals surface area contributed by atoms with Crippen LogP contribution in [0.2, 0.25) is 0 Å². The number of para-hydroxylation sites is 2. The van der Waals surface area contributed by atoms with Crippen molar-refractivity contribution in [3.8, 4) is 0 Å². The van der Waals surface area contributed by atoms with Gasteiger partial charge >= 0.3 is 0 Å². The first-order valence-corrected chi connectivity index (χ1v) is 9.72. The van der Waals surface area contributed by atoms with E-state index in [1.807, 2.05) is 24.3 Å². The Morgan fingerprint density at radius 2 is 1.78 bits per heavy atom. The van der Waals surface area contributed by atoms with Crippen LogP contribution in [0.3, 0.4) is 0 Å². The van der Waals surface area contributed by atoms with Crippen molar-refractivity contribution in [3.63, 3.8) is 0 Å². The maximum absolute atomic E-state index is 12.3. The molecule has 2 aliphatic rings. The topological polar surface area (TPSA) is 71.1 Å². The van der Waals surface area contributed by atoms with E-state index in [4.69, 9.17) is 9.47 Å². The van der Waals surface area contributed by atoms with E-state index in [-0.39, 0.29) is 17.7 Å². The fraction of sp³-hybridized carbons (Fsp3) is 0.600. The third-order valence-electron chi connectivity index (χ3n) is 5.13. The first kappa shape index (κ1) is 19.6. The van der Waals surface area contributed by atoms with Crippen LogP contribution in [-0.4, -0.2) is 64.4 Å². The quantitative estimate of drug-likeness (QED) is 0.814. The van der Waals surface area contributed by atoms with E-state index in [9.17, 15) is 9.59 Å². The standard InChI is InChI=1S/C20H29N3O4/c1-16(24)23(9-8-21-20(25)17-6-12-26-13-7-17)19-5-3-2-4-18(19)22-10-14-27-15-11-22/h2-5,17H,6-15H2,1H3,(H,21,25). The lowest BCUT2D eigenvalue weighted by molar-refractivity contribution is -0.127. The number of hydrogen-bond donors (Lipinski definition) is 1. The second-order valence-electron chi connectivity index (χ2n) is 6.94. The Kier molecular flexibility index (Phi) is 7.06. The normalized spacial score (nSPS) is 18.2. The number of benzene rings is 1. The van der Waals surface area contributed by atoms with Crippen molar-refractivity contribution >= 4 is 23.2 Å². The summed E-state index contributed by atoms with van der Waals surface area (Å²) in [4.78, 5) is 28.6. The second-order valence-corrected chi connectivity index (χ2v) is 6.94. The maximum Gasteiger partial charge on any atom is 0.223 e. The van der Waals surface area contributed by atoms with E-state index in [0.29, 0.717) is 39.5 Å². The zero-order valence-electron chi connectivity index (χ0n) is 16.0. The van der Waals surface area contributed by atoms with Gasteiger partial charge in [-0.05, 0) is 25.0 Å². The highest BCUT2D eigenvalue weighted by Gasteiger charge is 2.23. The number of nitrogens with zero attached hydrogens (tertiary/aromatic N) is 2. The molecule has 7 nitrogen and oxygen atoms in total. The van der Waals surface area contributed by atoms with Crippen LogP contribution in [0.1, 0.15) is 19.8 Å². The van der Waals surface area contributed by atoms with Gasteiger partial charge in [-0.2, -0.15) is 0 Å². The Labute approximate surface area is 160 Å². The molecule has 1 aromatic carbocycles. The molecule has 0 spiro atoms. The maximum atomic E-state index is 12.3. The summed E-state index contributed by atoms with van der Waals surface area (Å²) in [6.45, 7) is 6.74. The van der Waals surface area contributed by atoms with E-state index < -0.39 is 0 Å². The van der Waals surface area contributed by atoms with E-state index in [0.717, 1.165) is 37.3 Å². The third-order valence-corrected chi connectivity index (χ3v) is 5.13. The van der Waals surface area contributed by atoms with Crippen molar-refractivity contribution in [1.29, 1.82) is 0 Å². The zero-order valence-corrected chi connectivity index (χ0v) is 16.0. The molecular weight excluding hydrogens is 346 g/mol. The van der Waals surface area contributed by atoms with Crippen LogP contribution in [-0.2, 0) is 19.1 Å². The van der Waals surface area contributed by atoms with Gasteiger partial charge < -0.3 is 24.6 Å². The number of nitrogens with one attached hydrogen (secondary N) is 1. The molecule has 1 aromatic rings. The first-order valence-electron chi connectivity index (χ1n) is 9.72. The molecule has 2 saturated heterocycles. The van der Waals surface area contributed by atoms with Crippen molar-refractivity contribution in [2.75, 3.05) is 62.4 Å². The molecule has 7 heteroatoms. The smallest absolute Gasteiger partial charge is 0.223 e. The van der Waals surface area contributed by atoms with Crippen molar-refractivity contribution in [1.82, 2.24) is 5.32 Å². The lowest BCUT2D eigenvalue weighted by Crippen LogP contribution is -2.42. The molecule has 2 aliphatic heterocycles. The Bertz CT molecular complexity index is 640. The van der Waals surface area contributed by atoms with Crippen molar-refractivity contribution in [2.24, 2.45) is 5.92 Å². The molecule has 0 atom stereocenters. The summed E-state index contributed by atoms with van der Waals surface area (Å²) in [5, 5.41) is 2.98. The van der Waals surface area contributed by atoms with Crippen LogP contribution >= 0.6 is 0 Å². The zero-order chi connectivity index (χ0) is 19.1. The van der Waals surface area contributed by atoms with Gasteiger partial charge in [0.05, 0.1) is 24.6 Å². The number of carbonyl (C=O) groups excluding carboxylic acids is 2. The molecule has 27 heavy (non-hydrogen) atoms. The summed E-state index contributed by atoms with van der Waals surface area (Å²) in [6.07, 6.45) is 1.53. The predicted molar refractivity (Wildman–Crippen MR) is 104 cm³/mol. The van der Waals surface area contributed by atoms with Crippen LogP contribution in [0.5, 0.6) is 0 Å². The van der Waals surface area contributed by atoms with Gasteiger partial charge in [0.2, 0.25) is 11.8 Å². The molecule has 0 unspecified atom stereocenters. The Morgan fingerprint density at radius 1 is 1.11 bits per heavy atom. The van der Waals surface area contributed by atoms with Crippen molar-refractivity contribution in [2.45, 2.75) is 19.8 Å². The van der Waals surface area contributed by atoms with Crippen LogP contribution < -0.4 is 15.1 Å². The number of rotatable bonds is 6. The molecule has 148 valence electrons. The molecule has 0 radical (unpaired) electrons. The third kappa shape index (κ3) is 5.20. The number of morpholine rings is 1. The van der Waals surface area contributed by atoms with Gasteiger partial charge in [0.25, 0.3) is 0 Å². The highest BCUT2D eigenvalue weighted by molar-refractivity contribution is 5.95. The molecule has 2 heterocycles. The minimum absolute atomic E-state index is 0.0187. The fourth-order valence-corrected chi connectivity index (χ4v) is 3.61. The molecule has 0 aliphatic carbocycles. The van der Waals surface area contributed by atoms with Crippen molar-refractivity contribution in [3.05, 3.63) is 24.3 Å². The number of anilines is 2. The lowest BCUT2D eigenvalue weighted by Gasteiger charge is -2.33. The van der Waals surface area contributed by atoms with E-state index in [1.165, 1.54) is 0 Å². The molecule has 0 bridgehead atoms. The summed E-state index contributed by atoms with van der Waals surface area (Å²) < 4.78 is 10.7. The largest absolute Gasteiger partial charge is 0.381 e.